The molecule has 32 heavy (non-hydrogen) atoms. The van der Waals surface area contributed by atoms with Crippen LogP contribution in [0, 0.1) is 20.8 Å². The van der Waals surface area contributed by atoms with E-state index in [1.54, 1.807) is 0 Å². The average molecular weight is 439 g/mol. The van der Waals surface area contributed by atoms with E-state index in [1.165, 1.54) is 16.7 Å². The molecule has 4 aromatic rings. The minimum absolute atomic E-state index is 0.0463. The Kier molecular flexibility index (Phi) is 5.27. The van der Waals surface area contributed by atoms with Gasteiger partial charge in [-0.3, -0.25) is 4.98 Å². The summed E-state index contributed by atoms with van der Waals surface area (Å²) in [6.45, 7) is 6.40. The molecule has 0 radical (unpaired) electrons. The molecule has 0 unspecified atom stereocenters. The summed E-state index contributed by atoms with van der Waals surface area (Å²) in [6, 6.07) is 25.3. The van der Waals surface area contributed by atoms with Crippen molar-refractivity contribution in [2.24, 2.45) is 0 Å². The van der Waals surface area contributed by atoms with Crippen LogP contribution < -0.4 is 10.2 Å². The van der Waals surface area contributed by atoms with Crippen molar-refractivity contribution in [1.82, 2.24) is 14.9 Å². The number of benzene rings is 2. The molecule has 4 nitrogen and oxygen atoms in total. The minimum Gasteiger partial charge on any atom is -0.351 e. The second-order valence-corrected chi connectivity index (χ2v) is 8.79. The Hall–Kier alpha value is -3.44. The number of thiocarbonyl (C=S) groups is 1. The molecule has 0 bridgehead atoms. The third kappa shape index (κ3) is 3.59. The molecule has 3 heterocycles. The number of aryl methyl sites for hydroxylation is 3. The fourth-order valence-corrected chi connectivity index (χ4v) is 4.80. The van der Waals surface area contributed by atoms with Crippen molar-refractivity contribution in [2.75, 3.05) is 4.90 Å². The van der Waals surface area contributed by atoms with E-state index in [2.05, 4.69) is 107 Å². The van der Waals surface area contributed by atoms with E-state index in [-0.39, 0.29) is 12.1 Å². The van der Waals surface area contributed by atoms with Gasteiger partial charge in [-0.1, -0.05) is 24.3 Å². The van der Waals surface area contributed by atoms with Crippen molar-refractivity contribution in [3.63, 3.8) is 0 Å². The molecule has 2 atom stereocenters. The lowest BCUT2D eigenvalue weighted by Gasteiger charge is -2.29. The molecule has 2 aromatic carbocycles. The van der Waals surface area contributed by atoms with Gasteiger partial charge in [-0.2, -0.15) is 0 Å². The SMILES string of the molecule is Cc1cccc(-n2cccc2[C@H]2[C@@H](c3ccccn3)NC(=S)N2c2ccc(C)c(C)c2)c1. The minimum atomic E-state index is -0.0660. The van der Waals surface area contributed by atoms with Gasteiger partial charge in [0.05, 0.1) is 11.7 Å². The average Bonchev–Trinajstić information content (AvgIpc) is 3.40. The fourth-order valence-electron chi connectivity index (χ4n) is 4.46. The Morgan fingerprint density at radius 1 is 0.844 bits per heavy atom. The van der Waals surface area contributed by atoms with Crippen molar-refractivity contribution < 1.29 is 0 Å². The number of hydrogen-bond acceptors (Lipinski definition) is 2. The maximum Gasteiger partial charge on any atom is 0.174 e. The Morgan fingerprint density at radius 2 is 1.72 bits per heavy atom. The van der Waals surface area contributed by atoms with Crippen LogP contribution in [0.1, 0.15) is 40.2 Å². The summed E-state index contributed by atoms with van der Waals surface area (Å²) in [5, 5.41) is 4.28. The van der Waals surface area contributed by atoms with Gasteiger partial charge < -0.3 is 14.8 Å². The van der Waals surface area contributed by atoms with Gasteiger partial charge in [0.15, 0.2) is 5.11 Å². The number of nitrogens with one attached hydrogen (secondary N) is 1. The van der Waals surface area contributed by atoms with Crippen LogP contribution in [0.5, 0.6) is 0 Å². The predicted octanol–water partition coefficient (Wildman–Crippen LogP) is 5.97. The molecular formula is C27H26N4S. The van der Waals surface area contributed by atoms with Gasteiger partial charge in [0.25, 0.3) is 0 Å². The van der Waals surface area contributed by atoms with Crippen LogP contribution in [0.15, 0.2) is 85.2 Å². The third-order valence-electron chi connectivity index (χ3n) is 6.23. The second-order valence-electron chi connectivity index (χ2n) is 8.41. The van der Waals surface area contributed by atoms with Crippen LogP contribution in [0.3, 0.4) is 0 Å². The molecule has 0 spiro atoms. The molecule has 1 fully saturated rings. The summed E-state index contributed by atoms with van der Waals surface area (Å²) in [5.41, 5.74) is 8.12. The Balaban J connectivity index is 1.68. The van der Waals surface area contributed by atoms with E-state index in [4.69, 9.17) is 12.2 Å². The lowest BCUT2D eigenvalue weighted by Crippen LogP contribution is -2.30. The smallest absolute Gasteiger partial charge is 0.174 e. The van der Waals surface area contributed by atoms with Crippen molar-refractivity contribution in [1.29, 1.82) is 0 Å². The quantitative estimate of drug-likeness (QED) is 0.398. The van der Waals surface area contributed by atoms with E-state index >= 15 is 0 Å². The summed E-state index contributed by atoms with van der Waals surface area (Å²) >= 11 is 5.89. The molecule has 0 aliphatic carbocycles. The van der Waals surface area contributed by atoms with Crippen LogP contribution in [-0.2, 0) is 0 Å². The lowest BCUT2D eigenvalue weighted by molar-refractivity contribution is 0.549. The van der Waals surface area contributed by atoms with E-state index in [1.807, 2.05) is 18.3 Å². The van der Waals surface area contributed by atoms with Gasteiger partial charge >= 0.3 is 0 Å². The Bertz CT molecular complexity index is 1280. The third-order valence-corrected chi connectivity index (χ3v) is 6.54. The van der Waals surface area contributed by atoms with E-state index in [0.29, 0.717) is 5.11 Å². The van der Waals surface area contributed by atoms with Crippen molar-refractivity contribution in [3.05, 3.63) is 113 Å². The molecule has 5 heteroatoms. The number of hydrogen-bond donors (Lipinski definition) is 1. The molecule has 2 aromatic heterocycles. The van der Waals surface area contributed by atoms with Crippen LogP contribution in [0.25, 0.3) is 5.69 Å². The van der Waals surface area contributed by atoms with Crippen molar-refractivity contribution in [3.8, 4) is 5.69 Å². The normalized spacial score (nSPS) is 18.1. The van der Waals surface area contributed by atoms with E-state index in [9.17, 15) is 0 Å². The van der Waals surface area contributed by atoms with Crippen molar-refractivity contribution in [2.45, 2.75) is 32.9 Å². The monoisotopic (exact) mass is 438 g/mol. The molecular weight excluding hydrogens is 412 g/mol. The highest BCUT2D eigenvalue weighted by Gasteiger charge is 2.42. The number of nitrogens with zero attached hydrogens (tertiary/aromatic N) is 3. The molecule has 0 amide bonds. The fraction of sp³-hybridized carbons (Fsp3) is 0.185. The number of aromatic nitrogens is 2. The highest BCUT2D eigenvalue weighted by atomic mass is 32.1. The van der Waals surface area contributed by atoms with Gasteiger partial charge in [-0.05, 0) is 98.2 Å². The van der Waals surface area contributed by atoms with E-state index in [0.717, 1.165) is 22.8 Å². The summed E-state index contributed by atoms with van der Waals surface area (Å²) in [5.74, 6) is 0. The zero-order valence-electron chi connectivity index (χ0n) is 18.5. The molecule has 5 rings (SSSR count). The van der Waals surface area contributed by atoms with Crippen LogP contribution in [0.4, 0.5) is 5.69 Å². The molecule has 1 aliphatic rings. The number of rotatable bonds is 4. The highest BCUT2D eigenvalue weighted by Crippen LogP contribution is 2.42. The Labute approximate surface area is 194 Å². The van der Waals surface area contributed by atoms with Gasteiger partial charge in [0.1, 0.15) is 6.04 Å². The molecule has 160 valence electrons. The first-order chi connectivity index (χ1) is 15.5. The lowest BCUT2D eigenvalue weighted by atomic mass is 10.00. The second kappa shape index (κ2) is 8.24. The number of anilines is 1. The van der Waals surface area contributed by atoms with Crippen LogP contribution in [0.2, 0.25) is 0 Å². The molecule has 0 saturated carbocycles. The molecule has 1 aliphatic heterocycles. The van der Waals surface area contributed by atoms with Gasteiger partial charge in [0.2, 0.25) is 0 Å². The maximum atomic E-state index is 5.89. The summed E-state index contributed by atoms with van der Waals surface area (Å²) in [7, 11) is 0. The van der Waals surface area contributed by atoms with Gasteiger partial charge in [0, 0.05) is 29.5 Å². The van der Waals surface area contributed by atoms with Crippen molar-refractivity contribution >= 4 is 23.0 Å². The first-order valence-electron chi connectivity index (χ1n) is 10.8. The standard InChI is InChI=1S/C27H26N4S/c1-18-8-6-9-21(16-18)30-15-7-11-24(30)26-25(23-10-4-5-14-28-23)29-27(32)31(26)22-13-12-19(2)20(3)17-22/h4-17,25-26H,1-3H3,(H,29,32)/t25-,26+/m1/s1. The highest BCUT2D eigenvalue weighted by molar-refractivity contribution is 7.80. The first-order valence-corrected chi connectivity index (χ1v) is 11.3. The Morgan fingerprint density at radius 3 is 2.47 bits per heavy atom. The zero-order valence-corrected chi connectivity index (χ0v) is 19.3. The largest absolute Gasteiger partial charge is 0.351 e. The van der Waals surface area contributed by atoms with Crippen LogP contribution in [-0.4, -0.2) is 14.7 Å². The zero-order chi connectivity index (χ0) is 22.2. The van der Waals surface area contributed by atoms with Gasteiger partial charge in [-0.15, -0.1) is 0 Å². The molecule has 1 saturated heterocycles. The maximum absolute atomic E-state index is 5.89. The number of pyridine rings is 1. The summed E-state index contributed by atoms with van der Waals surface area (Å²) in [4.78, 5) is 6.91. The topological polar surface area (TPSA) is 33.1 Å². The first kappa shape index (κ1) is 20.5. The van der Waals surface area contributed by atoms with E-state index < -0.39 is 0 Å². The summed E-state index contributed by atoms with van der Waals surface area (Å²) < 4.78 is 2.26. The summed E-state index contributed by atoms with van der Waals surface area (Å²) in [6.07, 6.45) is 3.97. The van der Waals surface area contributed by atoms with Gasteiger partial charge in [-0.25, -0.2) is 0 Å². The predicted molar refractivity (Wildman–Crippen MR) is 134 cm³/mol. The molecule has 1 N–H and O–H groups in total. The van der Waals surface area contributed by atoms with Crippen LogP contribution >= 0.6 is 12.2 Å².